The van der Waals surface area contributed by atoms with Gasteiger partial charge in [-0.3, -0.25) is 0 Å². The van der Waals surface area contributed by atoms with Gasteiger partial charge in [-0.05, 0) is 41.8 Å². The highest BCUT2D eigenvalue weighted by molar-refractivity contribution is 7.99. The number of nitrogens with two attached hydrogens (primary N) is 1. The summed E-state index contributed by atoms with van der Waals surface area (Å²) in [7, 11) is 0. The highest BCUT2D eigenvalue weighted by Gasteiger charge is 2.31. The van der Waals surface area contributed by atoms with Gasteiger partial charge in [-0.1, -0.05) is 30.3 Å². The first-order valence-electron chi connectivity index (χ1n) is 6.64. The first-order valence-corrected chi connectivity index (χ1v) is 8.71. The van der Waals surface area contributed by atoms with Crippen LogP contribution in [0.2, 0.25) is 4.34 Å². The van der Waals surface area contributed by atoms with Crippen LogP contribution in [0.1, 0.15) is 42.4 Å². The maximum Gasteiger partial charge on any atom is 0.210 e. The Morgan fingerprint density at radius 3 is 2.95 bits per heavy atom. The van der Waals surface area contributed by atoms with Crippen LogP contribution >= 0.6 is 34.7 Å². The molecular weight excluding hydrogens is 314 g/mol. The number of thioether (sulfide) groups is 1. The lowest BCUT2D eigenvalue weighted by atomic mass is 10.1. The van der Waals surface area contributed by atoms with Crippen LogP contribution in [-0.2, 0) is 0 Å². The molecule has 2 aromatic heterocycles. The molecule has 0 spiro atoms. The highest BCUT2D eigenvalue weighted by Crippen LogP contribution is 2.43. The predicted molar refractivity (Wildman–Crippen MR) is 82.3 cm³/mol. The average Bonchev–Trinajstić information content (AvgIpc) is 3.03. The van der Waals surface area contributed by atoms with Crippen LogP contribution in [0.15, 0.2) is 17.3 Å². The van der Waals surface area contributed by atoms with Crippen LogP contribution in [0.3, 0.4) is 0 Å². The molecule has 0 saturated heterocycles. The van der Waals surface area contributed by atoms with Crippen molar-refractivity contribution >= 4 is 34.7 Å². The van der Waals surface area contributed by atoms with E-state index in [4.69, 9.17) is 17.3 Å². The Morgan fingerprint density at radius 1 is 1.55 bits per heavy atom. The van der Waals surface area contributed by atoms with Gasteiger partial charge in [0.15, 0.2) is 0 Å². The van der Waals surface area contributed by atoms with Crippen LogP contribution in [0.5, 0.6) is 0 Å². The first kappa shape index (κ1) is 14.3. The summed E-state index contributed by atoms with van der Waals surface area (Å²) in [4.78, 5) is 1.18. The van der Waals surface area contributed by atoms with Crippen LogP contribution < -0.4 is 5.73 Å². The first-order chi connectivity index (χ1) is 9.69. The Morgan fingerprint density at radius 2 is 2.35 bits per heavy atom. The van der Waals surface area contributed by atoms with Gasteiger partial charge in [0.2, 0.25) is 5.16 Å². The Hall–Kier alpha value is -0.630. The molecule has 1 saturated carbocycles. The molecule has 0 radical (unpaired) electrons. The van der Waals surface area contributed by atoms with Crippen molar-refractivity contribution in [2.75, 3.05) is 0 Å². The summed E-state index contributed by atoms with van der Waals surface area (Å²) >= 11 is 9.27. The van der Waals surface area contributed by atoms with Crippen molar-refractivity contribution in [1.82, 2.24) is 20.2 Å². The van der Waals surface area contributed by atoms with E-state index in [0.29, 0.717) is 6.04 Å². The summed E-state index contributed by atoms with van der Waals surface area (Å²) in [6, 6.07) is 4.49. The number of thiophene rings is 1. The molecule has 5 nitrogen and oxygen atoms in total. The van der Waals surface area contributed by atoms with Gasteiger partial charge in [-0.15, -0.1) is 16.4 Å². The second-order valence-electron chi connectivity index (χ2n) is 4.89. The Labute approximate surface area is 130 Å². The highest BCUT2D eigenvalue weighted by atomic mass is 35.5. The molecule has 0 aromatic carbocycles. The van der Waals surface area contributed by atoms with Crippen LogP contribution in [0.25, 0.3) is 0 Å². The van der Waals surface area contributed by atoms with Crippen molar-refractivity contribution in [2.24, 2.45) is 5.73 Å². The number of hydrogen-bond acceptors (Lipinski definition) is 6. The molecule has 0 bridgehead atoms. The van der Waals surface area contributed by atoms with E-state index in [1.54, 1.807) is 23.1 Å². The third-order valence-electron chi connectivity index (χ3n) is 3.32. The van der Waals surface area contributed by atoms with Crippen LogP contribution in [-0.4, -0.2) is 26.2 Å². The van der Waals surface area contributed by atoms with Gasteiger partial charge in [-0.25, -0.2) is 4.68 Å². The van der Waals surface area contributed by atoms with Crippen LogP contribution in [0.4, 0.5) is 0 Å². The minimum atomic E-state index is 0.0547. The standard InChI is InChI=1S/C12H16ClN5S2/c1-2-8(14)11(9-5-6-10(13)19-9)20-12-15-16-17-18(12)7-3-4-7/h5-8,11H,2-4,14H2,1H3. The predicted octanol–water partition coefficient (Wildman–Crippen LogP) is 3.29. The summed E-state index contributed by atoms with van der Waals surface area (Å²) in [5.41, 5.74) is 6.28. The average molecular weight is 330 g/mol. The number of tetrazole rings is 1. The molecule has 3 rings (SSSR count). The Kier molecular flexibility index (Phi) is 4.30. The zero-order valence-electron chi connectivity index (χ0n) is 11.1. The Balaban J connectivity index is 1.84. The summed E-state index contributed by atoms with van der Waals surface area (Å²) in [6.07, 6.45) is 3.22. The molecule has 2 unspecified atom stereocenters. The van der Waals surface area contributed by atoms with E-state index in [2.05, 4.69) is 22.4 Å². The fourth-order valence-electron chi connectivity index (χ4n) is 1.98. The maximum atomic E-state index is 6.28. The van der Waals surface area contributed by atoms with Crippen molar-refractivity contribution in [2.45, 2.75) is 48.7 Å². The minimum Gasteiger partial charge on any atom is -0.326 e. The molecule has 0 amide bonds. The second-order valence-corrected chi connectivity index (χ2v) is 7.75. The van der Waals surface area contributed by atoms with E-state index in [9.17, 15) is 0 Å². The maximum absolute atomic E-state index is 6.28. The molecule has 20 heavy (non-hydrogen) atoms. The summed E-state index contributed by atoms with van der Waals surface area (Å²) in [5, 5.41) is 13.0. The SMILES string of the molecule is CCC(N)C(Sc1nnnn1C1CC1)c1ccc(Cl)s1. The number of hydrogen-bond donors (Lipinski definition) is 1. The van der Waals surface area contributed by atoms with E-state index >= 15 is 0 Å². The van der Waals surface area contributed by atoms with Gasteiger partial charge in [-0.2, -0.15) is 0 Å². The van der Waals surface area contributed by atoms with Gasteiger partial charge in [0.05, 0.1) is 15.6 Å². The van der Waals surface area contributed by atoms with E-state index < -0.39 is 0 Å². The van der Waals surface area contributed by atoms with Crippen molar-refractivity contribution in [3.8, 4) is 0 Å². The summed E-state index contributed by atoms with van der Waals surface area (Å²) in [6.45, 7) is 2.09. The van der Waals surface area contributed by atoms with Crippen molar-refractivity contribution in [3.63, 3.8) is 0 Å². The molecule has 8 heteroatoms. The van der Waals surface area contributed by atoms with Crippen molar-refractivity contribution < 1.29 is 0 Å². The van der Waals surface area contributed by atoms with Crippen LogP contribution in [0, 0.1) is 0 Å². The molecule has 2 atom stereocenters. The Bertz CT molecular complexity index is 580. The van der Waals surface area contributed by atoms with E-state index in [0.717, 1.165) is 28.8 Å². The number of nitrogens with zero attached hydrogens (tertiary/aromatic N) is 4. The second kappa shape index (κ2) is 6.01. The quantitative estimate of drug-likeness (QED) is 0.823. The molecule has 2 N–H and O–H groups in total. The monoisotopic (exact) mass is 329 g/mol. The number of halogens is 1. The normalized spacial score (nSPS) is 18.1. The minimum absolute atomic E-state index is 0.0547. The molecule has 108 valence electrons. The third kappa shape index (κ3) is 3.00. The van der Waals surface area contributed by atoms with Gasteiger partial charge in [0.1, 0.15) is 0 Å². The number of rotatable bonds is 6. The molecule has 2 heterocycles. The molecule has 1 fully saturated rings. The largest absolute Gasteiger partial charge is 0.326 e. The van der Waals surface area contributed by atoms with Gasteiger partial charge in [0.25, 0.3) is 0 Å². The summed E-state index contributed by atoms with van der Waals surface area (Å²) in [5.74, 6) is 0. The van der Waals surface area contributed by atoms with Gasteiger partial charge in [0, 0.05) is 10.9 Å². The lowest BCUT2D eigenvalue weighted by Crippen LogP contribution is -2.25. The molecule has 1 aliphatic rings. The zero-order valence-corrected chi connectivity index (χ0v) is 13.5. The molecular formula is C12H16ClN5S2. The smallest absolute Gasteiger partial charge is 0.210 e. The fourth-order valence-corrected chi connectivity index (χ4v) is 4.55. The topological polar surface area (TPSA) is 69.6 Å². The van der Waals surface area contributed by atoms with E-state index in [1.165, 1.54) is 4.88 Å². The lowest BCUT2D eigenvalue weighted by Gasteiger charge is -2.20. The molecule has 0 aliphatic heterocycles. The fraction of sp³-hybridized carbons (Fsp3) is 0.583. The molecule has 1 aliphatic carbocycles. The van der Waals surface area contributed by atoms with Gasteiger partial charge < -0.3 is 5.73 Å². The lowest BCUT2D eigenvalue weighted by molar-refractivity contribution is 0.561. The zero-order chi connectivity index (χ0) is 14.1. The number of aromatic nitrogens is 4. The molecule has 2 aromatic rings. The third-order valence-corrected chi connectivity index (χ3v) is 6.12. The van der Waals surface area contributed by atoms with E-state index in [1.807, 2.05) is 16.8 Å². The van der Waals surface area contributed by atoms with Crippen molar-refractivity contribution in [3.05, 3.63) is 21.3 Å². The van der Waals surface area contributed by atoms with Gasteiger partial charge >= 0.3 is 0 Å². The summed E-state index contributed by atoms with van der Waals surface area (Å²) < 4.78 is 2.71. The van der Waals surface area contributed by atoms with Crippen molar-refractivity contribution in [1.29, 1.82) is 0 Å². The van der Waals surface area contributed by atoms with E-state index in [-0.39, 0.29) is 11.3 Å².